The lowest BCUT2D eigenvalue weighted by Gasteiger charge is -2.33. The number of thiophene rings is 1. The molecule has 1 atom stereocenters. The van der Waals surface area contributed by atoms with Gasteiger partial charge in [-0.2, -0.15) is 0 Å². The van der Waals surface area contributed by atoms with Gasteiger partial charge in [0.25, 0.3) is 0 Å². The molecule has 1 aliphatic carbocycles. The molecule has 8 nitrogen and oxygen atoms in total. The predicted octanol–water partition coefficient (Wildman–Crippen LogP) is 5.47. The first-order valence-corrected chi connectivity index (χ1v) is 14.1. The second-order valence-corrected chi connectivity index (χ2v) is 11.8. The van der Waals surface area contributed by atoms with E-state index >= 15 is 0 Å². The minimum atomic E-state index is -1.06. The third-order valence-corrected chi connectivity index (χ3v) is 8.69. The molecular weight excluding hydrogens is 496 g/mol. The molecule has 0 saturated heterocycles. The van der Waals surface area contributed by atoms with Crippen molar-refractivity contribution in [2.75, 3.05) is 16.0 Å². The van der Waals surface area contributed by atoms with E-state index < -0.39 is 12.0 Å². The van der Waals surface area contributed by atoms with Gasteiger partial charge in [0.1, 0.15) is 10.9 Å². The number of anilines is 2. The number of aromatic carboxylic acids is 1. The van der Waals surface area contributed by atoms with Crippen molar-refractivity contribution in [1.29, 1.82) is 0 Å². The molecule has 1 fully saturated rings. The van der Waals surface area contributed by atoms with E-state index in [1.54, 1.807) is 22.7 Å². The number of thioether (sulfide) groups is 1. The Balaban J connectivity index is 1.61. The summed E-state index contributed by atoms with van der Waals surface area (Å²) >= 11 is 2.62. The van der Waals surface area contributed by atoms with Gasteiger partial charge in [-0.05, 0) is 70.1 Å². The molecule has 3 heterocycles. The molecule has 0 bridgehead atoms. The maximum absolute atomic E-state index is 13.5. The zero-order chi connectivity index (χ0) is 26.0. The normalized spacial score (nSPS) is 21.5. The van der Waals surface area contributed by atoms with Gasteiger partial charge in [-0.25, -0.2) is 4.79 Å². The summed E-state index contributed by atoms with van der Waals surface area (Å²) in [5.41, 5.74) is 4.11. The van der Waals surface area contributed by atoms with Crippen molar-refractivity contribution in [3.05, 3.63) is 28.8 Å². The van der Waals surface area contributed by atoms with Crippen LogP contribution in [0.2, 0.25) is 0 Å². The maximum atomic E-state index is 13.5. The third-order valence-electron chi connectivity index (χ3n) is 6.78. The molecule has 36 heavy (non-hydrogen) atoms. The number of nitrogens with one attached hydrogen (secondary N) is 1. The SMILES string of the molecule is Cc1cc(-c2cc(N(C(=O)C3CCC(C)CC3)C(C)C)c(C(=O)O)s2)ncc1NC(=O)C1CSC=N1. The summed E-state index contributed by atoms with van der Waals surface area (Å²) in [4.78, 5) is 49.3. The number of hydrogen-bond donors (Lipinski definition) is 2. The molecule has 1 aliphatic heterocycles. The predicted molar refractivity (Wildman–Crippen MR) is 146 cm³/mol. The Bertz CT molecular complexity index is 1180. The minimum absolute atomic E-state index is 0.00122. The second-order valence-electron chi connectivity index (χ2n) is 9.87. The Morgan fingerprint density at radius 1 is 1.17 bits per heavy atom. The summed E-state index contributed by atoms with van der Waals surface area (Å²) in [7, 11) is 0. The highest BCUT2D eigenvalue weighted by Gasteiger charge is 2.33. The van der Waals surface area contributed by atoms with E-state index in [9.17, 15) is 19.5 Å². The van der Waals surface area contributed by atoms with Crippen LogP contribution in [0.3, 0.4) is 0 Å². The number of carbonyl (C=O) groups is 3. The number of carboxylic acid groups (broad SMARTS) is 1. The Hall–Kier alpha value is -2.72. The lowest BCUT2D eigenvalue weighted by molar-refractivity contribution is -0.124. The van der Waals surface area contributed by atoms with Crippen molar-refractivity contribution in [1.82, 2.24) is 4.98 Å². The number of aliphatic imine (C=N–C) groups is 1. The average molecular weight is 529 g/mol. The number of aryl methyl sites for hydroxylation is 1. The highest BCUT2D eigenvalue weighted by molar-refractivity contribution is 8.12. The van der Waals surface area contributed by atoms with E-state index in [1.807, 2.05) is 26.8 Å². The monoisotopic (exact) mass is 528 g/mol. The van der Waals surface area contributed by atoms with Gasteiger partial charge in [0.2, 0.25) is 11.8 Å². The molecule has 2 aromatic rings. The Morgan fingerprint density at radius 2 is 1.89 bits per heavy atom. The van der Waals surface area contributed by atoms with Crippen LogP contribution < -0.4 is 10.2 Å². The quantitative estimate of drug-likeness (QED) is 0.493. The van der Waals surface area contributed by atoms with E-state index in [2.05, 4.69) is 22.2 Å². The summed E-state index contributed by atoms with van der Waals surface area (Å²) in [5.74, 6) is -0.0813. The molecule has 2 aliphatic rings. The summed E-state index contributed by atoms with van der Waals surface area (Å²) in [6, 6.07) is 3.01. The van der Waals surface area contributed by atoms with Gasteiger partial charge in [-0.3, -0.25) is 19.6 Å². The Labute approximate surface area is 219 Å². The fourth-order valence-electron chi connectivity index (χ4n) is 4.67. The molecule has 1 saturated carbocycles. The topological polar surface area (TPSA) is 112 Å². The van der Waals surface area contributed by atoms with Gasteiger partial charge >= 0.3 is 5.97 Å². The molecule has 2 amide bonds. The van der Waals surface area contributed by atoms with Crippen molar-refractivity contribution in [2.24, 2.45) is 16.8 Å². The van der Waals surface area contributed by atoms with Crippen molar-refractivity contribution in [3.63, 3.8) is 0 Å². The van der Waals surface area contributed by atoms with Gasteiger partial charge in [0, 0.05) is 17.7 Å². The Kier molecular flexibility index (Phi) is 8.14. The molecule has 10 heteroatoms. The van der Waals surface area contributed by atoms with Crippen LogP contribution in [-0.2, 0) is 9.59 Å². The second kappa shape index (κ2) is 11.1. The smallest absolute Gasteiger partial charge is 0.348 e. The van der Waals surface area contributed by atoms with Crippen molar-refractivity contribution in [3.8, 4) is 10.6 Å². The highest BCUT2D eigenvalue weighted by Crippen LogP contribution is 2.40. The van der Waals surface area contributed by atoms with E-state index in [0.29, 0.717) is 33.6 Å². The van der Waals surface area contributed by atoms with Crippen LogP contribution >= 0.6 is 23.1 Å². The van der Waals surface area contributed by atoms with E-state index in [-0.39, 0.29) is 28.7 Å². The van der Waals surface area contributed by atoms with Crippen LogP contribution in [-0.4, -0.2) is 51.3 Å². The molecule has 192 valence electrons. The van der Waals surface area contributed by atoms with Gasteiger partial charge in [0.15, 0.2) is 0 Å². The Morgan fingerprint density at radius 3 is 2.47 bits per heavy atom. The lowest BCUT2D eigenvalue weighted by atomic mass is 9.82. The standard InChI is InChI=1S/C26H32N4O4S2/c1-14(2)30(25(32)17-7-5-15(3)6-8-17)21-10-22(36-23(21)26(33)34)18-9-16(4)19(11-27-18)29-24(31)20-12-35-13-28-20/h9-11,13-15,17,20H,5-8,12H2,1-4H3,(H,29,31)(H,33,34). The van der Waals surface area contributed by atoms with Gasteiger partial charge in [-0.15, -0.1) is 23.1 Å². The van der Waals surface area contributed by atoms with Crippen molar-refractivity contribution < 1.29 is 19.5 Å². The number of hydrogen-bond acceptors (Lipinski definition) is 7. The molecule has 0 spiro atoms. The largest absolute Gasteiger partial charge is 0.477 e. The van der Waals surface area contributed by atoms with E-state index in [1.165, 1.54) is 11.8 Å². The van der Waals surface area contributed by atoms with Crippen LogP contribution in [0.1, 0.15) is 61.7 Å². The number of carboxylic acids is 1. The van der Waals surface area contributed by atoms with Gasteiger partial charge in [-0.1, -0.05) is 6.92 Å². The molecule has 2 aromatic heterocycles. The molecular formula is C26H32N4O4S2. The third kappa shape index (κ3) is 5.64. The number of pyridine rings is 1. The molecule has 1 unspecified atom stereocenters. The van der Waals surface area contributed by atoms with Gasteiger partial charge in [0.05, 0.1) is 33.7 Å². The number of carbonyl (C=O) groups excluding carboxylic acids is 2. The molecule has 2 N–H and O–H groups in total. The average Bonchev–Trinajstić information content (AvgIpc) is 3.51. The van der Waals surface area contributed by atoms with E-state index in [0.717, 1.165) is 42.6 Å². The zero-order valence-corrected chi connectivity index (χ0v) is 22.6. The van der Waals surface area contributed by atoms with Crippen molar-refractivity contribution >= 4 is 57.8 Å². The molecule has 0 aromatic carbocycles. The summed E-state index contributed by atoms with van der Waals surface area (Å²) in [5, 5.41) is 12.9. The zero-order valence-electron chi connectivity index (χ0n) is 21.0. The first-order chi connectivity index (χ1) is 17.2. The van der Waals surface area contributed by atoms with Crippen LogP contribution in [0.4, 0.5) is 11.4 Å². The molecule has 0 radical (unpaired) electrons. The van der Waals surface area contributed by atoms with E-state index in [4.69, 9.17) is 0 Å². The first kappa shape index (κ1) is 26.3. The minimum Gasteiger partial charge on any atom is -0.477 e. The van der Waals surface area contributed by atoms with Crippen LogP contribution in [0.15, 0.2) is 23.3 Å². The van der Waals surface area contributed by atoms with Crippen LogP contribution in [0.25, 0.3) is 10.6 Å². The lowest BCUT2D eigenvalue weighted by Crippen LogP contribution is -2.42. The number of aromatic nitrogens is 1. The number of nitrogens with zero attached hydrogens (tertiary/aromatic N) is 3. The van der Waals surface area contributed by atoms with Crippen molar-refractivity contribution in [2.45, 2.75) is 65.5 Å². The molecule has 4 rings (SSSR count). The fourth-order valence-corrected chi connectivity index (χ4v) is 6.36. The number of rotatable bonds is 7. The van der Waals surface area contributed by atoms with Crippen LogP contribution in [0, 0.1) is 18.8 Å². The maximum Gasteiger partial charge on any atom is 0.348 e. The van der Waals surface area contributed by atoms with Gasteiger partial charge < -0.3 is 15.3 Å². The summed E-state index contributed by atoms with van der Waals surface area (Å²) in [6.07, 6.45) is 5.29. The first-order valence-electron chi connectivity index (χ1n) is 12.3. The summed E-state index contributed by atoms with van der Waals surface area (Å²) < 4.78 is 0. The number of amides is 2. The summed E-state index contributed by atoms with van der Waals surface area (Å²) in [6.45, 7) is 7.91. The fraction of sp³-hybridized carbons (Fsp3) is 0.500. The highest BCUT2D eigenvalue weighted by atomic mass is 32.2. The van der Waals surface area contributed by atoms with Crippen LogP contribution in [0.5, 0.6) is 0 Å².